The van der Waals surface area contributed by atoms with Crippen LogP contribution in [0.5, 0.6) is 0 Å². The van der Waals surface area contributed by atoms with E-state index in [0.717, 1.165) is 3.57 Å². The molecule has 0 fully saturated rings. The van der Waals surface area contributed by atoms with Gasteiger partial charge in [0.1, 0.15) is 13.2 Å². The van der Waals surface area contributed by atoms with E-state index in [1.54, 1.807) is 6.07 Å². The molecule has 1 aromatic rings. The van der Waals surface area contributed by atoms with E-state index in [1.165, 1.54) is 0 Å². The lowest BCUT2D eigenvalue weighted by Gasteiger charge is -2.13. The van der Waals surface area contributed by atoms with Crippen molar-refractivity contribution >= 4 is 91.3 Å². The van der Waals surface area contributed by atoms with Crippen LogP contribution in [0.25, 0.3) is 0 Å². The molecule has 0 radical (unpaired) electrons. The monoisotopic (exact) mass is 719 g/mol. The zero-order chi connectivity index (χ0) is 20.4. The van der Waals surface area contributed by atoms with E-state index in [-0.39, 0.29) is 45.2 Å². The number of ether oxygens (including phenoxy) is 3. The second-order valence-corrected chi connectivity index (χ2v) is 8.27. The number of halogens is 3. The Balaban J connectivity index is 2.36. The van der Waals surface area contributed by atoms with Crippen LogP contribution in [0.2, 0.25) is 0 Å². The fraction of sp³-hybridized carbons (Fsp3) is 0.400. The quantitative estimate of drug-likeness (QED) is 0.222. The molecule has 12 heteroatoms. The highest BCUT2D eigenvalue weighted by Gasteiger charge is 2.20. The predicted molar refractivity (Wildman–Crippen MR) is 120 cm³/mol. The first-order valence-corrected chi connectivity index (χ1v) is 10.6. The van der Waals surface area contributed by atoms with Gasteiger partial charge in [0.15, 0.2) is 0 Å². The Morgan fingerprint density at radius 2 is 1.44 bits per heavy atom. The van der Waals surface area contributed by atoms with Gasteiger partial charge in [0.2, 0.25) is 5.91 Å². The van der Waals surface area contributed by atoms with Gasteiger partial charge in [-0.15, -0.1) is 0 Å². The van der Waals surface area contributed by atoms with Crippen LogP contribution in [-0.2, 0) is 23.8 Å². The van der Waals surface area contributed by atoms with Crippen LogP contribution in [-0.4, -0.2) is 67.7 Å². The second-order valence-electron chi connectivity index (χ2n) is 4.87. The minimum Gasteiger partial charge on any atom is -0.480 e. The number of aromatic carboxylic acids is 1. The lowest BCUT2D eigenvalue weighted by atomic mass is 10.2. The average molecular weight is 719 g/mol. The van der Waals surface area contributed by atoms with Gasteiger partial charge in [0.25, 0.3) is 0 Å². The Labute approximate surface area is 195 Å². The number of hydrogen-bond acceptors (Lipinski definition) is 6. The molecule has 27 heavy (non-hydrogen) atoms. The van der Waals surface area contributed by atoms with Crippen LogP contribution in [0, 0.1) is 10.7 Å². The highest BCUT2D eigenvalue weighted by Crippen LogP contribution is 2.31. The third-order valence-corrected chi connectivity index (χ3v) is 5.63. The highest BCUT2D eigenvalue weighted by atomic mass is 127. The topological polar surface area (TPSA) is 131 Å². The van der Waals surface area contributed by atoms with Gasteiger partial charge in [0.05, 0.1) is 41.2 Å². The molecule has 1 rings (SSSR count). The molecule has 0 aliphatic rings. The van der Waals surface area contributed by atoms with Gasteiger partial charge in [-0.3, -0.25) is 4.79 Å². The van der Waals surface area contributed by atoms with E-state index < -0.39 is 17.8 Å². The van der Waals surface area contributed by atoms with Crippen molar-refractivity contribution in [2.75, 3.05) is 45.0 Å². The molecule has 0 unspecified atom stereocenters. The largest absolute Gasteiger partial charge is 0.480 e. The molecule has 0 atom stereocenters. The summed E-state index contributed by atoms with van der Waals surface area (Å²) in [5.74, 6) is -2.51. The summed E-state index contributed by atoms with van der Waals surface area (Å²) in [7, 11) is 0. The molecule has 0 aromatic heterocycles. The fourth-order valence-electron chi connectivity index (χ4n) is 1.74. The zero-order valence-corrected chi connectivity index (χ0v) is 20.3. The van der Waals surface area contributed by atoms with Crippen molar-refractivity contribution in [2.24, 2.45) is 0 Å². The van der Waals surface area contributed by atoms with Gasteiger partial charge in [-0.25, -0.2) is 9.59 Å². The van der Waals surface area contributed by atoms with Crippen molar-refractivity contribution in [3.05, 3.63) is 22.3 Å². The summed E-state index contributed by atoms with van der Waals surface area (Å²) in [6.45, 7) is 0.195. The van der Waals surface area contributed by atoms with Crippen molar-refractivity contribution in [2.45, 2.75) is 0 Å². The molecule has 9 nitrogen and oxygen atoms in total. The molecule has 150 valence electrons. The zero-order valence-electron chi connectivity index (χ0n) is 13.8. The number of carboxylic acids is 2. The van der Waals surface area contributed by atoms with E-state index in [0.29, 0.717) is 12.8 Å². The summed E-state index contributed by atoms with van der Waals surface area (Å²) in [5.41, 5.74) is 0.584. The molecule has 0 aliphatic heterocycles. The number of benzene rings is 1. The summed E-state index contributed by atoms with van der Waals surface area (Å²) in [6, 6.07) is 1.68. The Hall–Kier alpha value is -0.300. The van der Waals surface area contributed by atoms with E-state index >= 15 is 0 Å². The molecular weight excluding hydrogens is 703 g/mol. The van der Waals surface area contributed by atoms with E-state index in [9.17, 15) is 19.5 Å². The molecule has 0 bridgehead atoms. The Morgan fingerprint density at radius 1 is 0.889 bits per heavy atom. The molecule has 3 N–H and O–H groups in total. The van der Waals surface area contributed by atoms with Crippen LogP contribution >= 0.6 is 67.8 Å². The van der Waals surface area contributed by atoms with Crippen molar-refractivity contribution in [1.82, 2.24) is 0 Å². The lowest BCUT2D eigenvalue weighted by Crippen LogP contribution is -2.22. The number of nitrogens with one attached hydrogen (secondary N) is 1. The molecule has 1 aromatic carbocycles. The molecule has 0 aliphatic carbocycles. The standard InChI is InChI=1S/C15H16I3NO8/c16-8-5-9(17)14(13(18)12(8)15(23)24)19-10(20)6-26-3-1-25-2-4-27-7-11(21)22/h5H,1-4,6-7H2,(H,19,20)(H,21,22)(H,23,24). The van der Waals surface area contributed by atoms with Gasteiger partial charge in [-0.2, -0.15) is 0 Å². The van der Waals surface area contributed by atoms with Crippen LogP contribution in [0.3, 0.4) is 0 Å². The summed E-state index contributed by atoms with van der Waals surface area (Å²) in [4.78, 5) is 33.6. The molecule has 1 amide bonds. The number of anilines is 1. The number of amides is 1. The molecule has 0 heterocycles. The lowest BCUT2D eigenvalue weighted by molar-refractivity contribution is -0.142. The summed E-state index contributed by atoms with van der Waals surface area (Å²) >= 11 is 5.87. The Morgan fingerprint density at radius 3 is 2.00 bits per heavy atom. The summed E-state index contributed by atoms with van der Waals surface area (Å²) in [6.07, 6.45) is 0. The third-order valence-electron chi connectivity index (χ3n) is 2.85. The predicted octanol–water partition coefficient (Wildman–Crippen LogP) is 2.27. The van der Waals surface area contributed by atoms with Crippen LogP contribution in [0.4, 0.5) is 5.69 Å². The number of hydrogen-bond donors (Lipinski definition) is 3. The third kappa shape index (κ3) is 9.16. The van der Waals surface area contributed by atoms with Gasteiger partial charge < -0.3 is 29.7 Å². The van der Waals surface area contributed by atoms with Crippen molar-refractivity contribution < 1.29 is 38.8 Å². The fourth-order valence-corrected chi connectivity index (χ4v) is 5.84. The first kappa shape index (κ1) is 24.7. The Kier molecular flexibility index (Phi) is 11.9. The van der Waals surface area contributed by atoms with Crippen molar-refractivity contribution in [3.63, 3.8) is 0 Å². The normalized spacial score (nSPS) is 10.6. The van der Waals surface area contributed by atoms with E-state index in [4.69, 9.17) is 19.3 Å². The maximum absolute atomic E-state index is 12.0. The smallest absolute Gasteiger partial charge is 0.337 e. The number of carbonyl (C=O) groups excluding carboxylic acids is 1. The van der Waals surface area contributed by atoms with Crippen molar-refractivity contribution in [1.29, 1.82) is 0 Å². The second kappa shape index (κ2) is 13.0. The van der Waals surface area contributed by atoms with Crippen LogP contribution < -0.4 is 5.32 Å². The van der Waals surface area contributed by atoms with Gasteiger partial charge in [0, 0.05) is 7.14 Å². The van der Waals surface area contributed by atoms with E-state index in [2.05, 4.69) is 5.32 Å². The molecular formula is C15H16I3NO8. The van der Waals surface area contributed by atoms with Gasteiger partial charge in [-0.1, -0.05) is 0 Å². The molecule has 0 spiro atoms. The highest BCUT2D eigenvalue weighted by molar-refractivity contribution is 14.1. The van der Waals surface area contributed by atoms with Gasteiger partial charge >= 0.3 is 11.9 Å². The van der Waals surface area contributed by atoms with Crippen LogP contribution in [0.1, 0.15) is 10.4 Å². The minimum atomic E-state index is -1.06. The maximum Gasteiger partial charge on any atom is 0.337 e. The summed E-state index contributed by atoms with van der Waals surface area (Å²) in [5, 5.41) is 20.3. The van der Waals surface area contributed by atoms with Crippen molar-refractivity contribution in [3.8, 4) is 0 Å². The first-order chi connectivity index (χ1) is 12.7. The summed E-state index contributed by atoms with van der Waals surface area (Å²) < 4.78 is 16.9. The Bertz CT molecular complexity index is 698. The number of carboxylic acid groups (broad SMARTS) is 2. The number of rotatable bonds is 12. The molecule has 0 saturated carbocycles. The van der Waals surface area contributed by atoms with E-state index in [1.807, 2.05) is 67.8 Å². The first-order valence-electron chi connectivity index (χ1n) is 7.39. The minimum absolute atomic E-state index is 0.145. The maximum atomic E-state index is 12.0. The SMILES string of the molecule is O=C(O)COCCOCCOCC(=O)Nc1c(I)cc(I)c(C(=O)O)c1I. The number of carbonyl (C=O) groups is 3. The average Bonchev–Trinajstić information content (AvgIpc) is 2.56. The molecule has 0 saturated heterocycles. The van der Waals surface area contributed by atoms with Gasteiger partial charge in [-0.05, 0) is 73.8 Å². The number of aliphatic carboxylic acids is 1. The van der Waals surface area contributed by atoms with Crippen LogP contribution in [0.15, 0.2) is 6.07 Å².